The summed E-state index contributed by atoms with van der Waals surface area (Å²) in [6.45, 7) is 11.5. The monoisotopic (exact) mass is 526 g/mol. The van der Waals surface area contributed by atoms with E-state index in [1.807, 2.05) is 98.8 Å². The molecule has 1 aliphatic heterocycles. The largest absolute Gasteiger partial charge is 0.369 e. The molecule has 0 saturated carbocycles. The Balaban J connectivity index is 1.38. The highest BCUT2D eigenvalue weighted by Gasteiger charge is 2.26. The van der Waals surface area contributed by atoms with Crippen LogP contribution in [0.2, 0.25) is 0 Å². The lowest BCUT2D eigenvalue weighted by molar-refractivity contribution is -0.118. The smallest absolute Gasteiger partial charge is 0.342 e. The fourth-order valence-corrected chi connectivity index (χ4v) is 4.69. The van der Waals surface area contributed by atoms with Crippen LogP contribution in [0.1, 0.15) is 25.3 Å². The van der Waals surface area contributed by atoms with Gasteiger partial charge in [-0.1, -0.05) is 55.1 Å². The van der Waals surface area contributed by atoms with Crippen LogP contribution in [-0.4, -0.2) is 60.6 Å². The van der Waals surface area contributed by atoms with Crippen LogP contribution >= 0.6 is 0 Å². The number of benzene rings is 3. The van der Waals surface area contributed by atoms with Gasteiger partial charge in [-0.3, -0.25) is 19.6 Å². The maximum absolute atomic E-state index is 13.3. The molecule has 39 heavy (non-hydrogen) atoms. The molecule has 0 aromatic heterocycles. The normalized spacial score (nSPS) is 14.5. The third kappa shape index (κ3) is 7.04. The van der Waals surface area contributed by atoms with Crippen molar-refractivity contribution in [2.75, 3.05) is 47.8 Å². The number of nitrogens with zero attached hydrogens (tertiary/aromatic N) is 4. The van der Waals surface area contributed by atoms with E-state index < -0.39 is 0 Å². The fourth-order valence-electron chi connectivity index (χ4n) is 4.69. The van der Waals surface area contributed by atoms with E-state index in [1.165, 1.54) is 16.1 Å². The first-order valence-corrected chi connectivity index (χ1v) is 13.3. The molecule has 8 heteroatoms. The van der Waals surface area contributed by atoms with Crippen LogP contribution in [0, 0.1) is 0 Å². The van der Waals surface area contributed by atoms with Gasteiger partial charge in [-0.15, -0.1) is 0 Å². The van der Waals surface area contributed by atoms with Gasteiger partial charge in [-0.05, 0) is 55.8 Å². The minimum atomic E-state index is -0.328. The van der Waals surface area contributed by atoms with Crippen molar-refractivity contribution in [1.29, 1.82) is 0 Å². The maximum atomic E-state index is 13.3. The third-order valence-electron chi connectivity index (χ3n) is 7.03. The van der Waals surface area contributed by atoms with Gasteiger partial charge in [0.05, 0.1) is 11.6 Å². The van der Waals surface area contributed by atoms with E-state index in [9.17, 15) is 9.59 Å². The second kappa shape index (κ2) is 13.1. The van der Waals surface area contributed by atoms with Gasteiger partial charge in [0, 0.05) is 56.3 Å². The lowest BCUT2D eigenvalue weighted by Gasteiger charge is -2.37. The molecule has 1 unspecified atom stereocenters. The van der Waals surface area contributed by atoms with E-state index in [0.29, 0.717) is 12.2 Å². The Morgan fingerprint density at radius 2 is 1.51 bits per heavy atom. The number of amides is 3. The first-order valence-electron chi connectivity index (χ1n) is 13.3. The highest BCUT2D eigenvalue weighted by molar-refractivity contribution is 5.96. The molecule has 3 aromatic rings. The molecule has 3 aromatic carbocycles. The van der Waals surface area contributed by atoms with Crippen molar-refractivity contribution in [3.8, 4) is 0 Å². The number of hydrazine groups is 1. The van der Waals surface area contributed by atoms with E-state index in [2.05, 4.69) is 21.7 Å². The number of anilines is 3. The van der Waals surface area contributed by atoms with Crippen LogP contribution < -0.4 is 21.0 Å². The Kier molecular flexibility index (Phi) is 9.35. The van der Waals surface area contributed by atoms with Crippen molar-refractivity contribution in [2.45, 2.75) is 25.8 Å². The first kappa shape index (κ1) is 27.9. The van der Waals surface area contributed by atoms with Crippen LogP contribution in [0.5, 0.6) is 0 Å². The number of nitrogens with one attached hydrogen (secondary N) is 1. The molecule has 0 bridgehead atoms. The Hall–Kier alpha value is -4.14. The maximum Gasteiger partial charge on any atom is 0.342 e. The van der Waals surface area contributed by atoms with Crippen molar-refractivity contribution >= 4 is 29.0 Å². The Labute approximate surface area is 231 Å². The van der Waals surface area contributed by atoms with Gasteiger partial charge < -0.3 is 10.2 Å². The summed E-state index contributed by atoms with van der Waals surface area (Å²) in [6, 6.07) is 27.0. The zero-order chi connectivity index (χ0) is 27.8. The molecule has 0 aliphatic carbocycles. The van der Waals surface area contributed by atoms with Crippen LogP contribution in [0.3, 0.4) is 0 Å². The summed E-state index contributed by atoms with van der Waals surface area (Å²) in [7, 11) is 0. The lowest BCUT2D eigenvalue weighted by atomic mass is 9.97. The minimum absolute atomic E-state index is 0.000232. The van der Waals surface area contributed by atoms with Crippen LogP contribution in [0.4, 0.5) is 21.9 Å². The topological polar surface area (TPSA) is 85.2 Å². The molecule has 4 rings (SSSR count). The van der Waals surface area contributed by atoms with Crippen LogP contribution in [0.25, 0.3) is 0 Å². The fraction of sp³-hybridized carbons (Fsp3) is 0.290. The molecular weight excluding hydrogens is 488 g/mol. The molecule has 3 N–H and O–H groups in total. The predicted molar refractivity (Wildman–Crippen MR) is 159 cm³/mol. The molecule has 0 radical (unpaired) electrons. The summed E-state index contributed by atoms with van der Waals surface area (Å²) >= 11 is 0. The van der Waals surface area contributed by atoms with Crippen molar-refractivity contribution < 1.29 is 9.59 Å². The van der Waals surface area contributed by atoms with Gasteiger partial charge in [-0.25, -0.2) is 10.6 Å². The van der Waals surface area contributed by atoms with Gasteiger partial charge in [-0.2, -0.15) is 0 Å². The quantitative estimate of drug-likeness (QED) is 0.236. The Bertz CT molecular complexity index is 1220. The molecule has 1 atom stereocenters. The van der Waals surface area contributed by atoms with E-state index >= 15 is 0 Å². The number of urea groups is 1. The Morgan fingerprint density at radius 3 is 2.08 bits per heavy atom. The number of rotatable bonds is 9. The average molecular weight is 527 g/mol. The Morgan fingerprint density at radius 1 is 0.923 bits per heavy atom. The average Bonchev–Trinajstić information content (AvgIpc) is 2.97. The number of carbonyl (C=O) groups is 2. The number of nitrogens with two attached hydrogens (primary N) is 1. The van der Waals surface area contributed by atoms with E-state index in [0.717, 1.165) is 43.1 Å². The number of carbonyl (C=O) groups excluding carboxylic acids is 2. The van der Waals surface area contributed by atoms with Gasteiger partial charge in [0.25, 0.3) is 0 Å². The minimum Gasteiger partial charge on any atom is -0.369 e. The molecule has 8 nitrogen and oxygen atoms in total. The van der Waals surface area contributed by atoms with Gasteiger partial charge in [0.2, 0.25) is 5.91 Å². The van der Waals surface area contributed by atoms with Gasteiger partial charge in [0.15, 0.2) is 0 Å². The molecule has 0 spiro atoms. The summed E-state index contributed by atoms with van der Waals surface area (Å²) in [5.74, 6) is 5.65. The summed E-state index contributed by atoms with van der Waals surface area (Å²) in [5, 5.41) is 4.28. The van der Waals surface area contributed by atoms with E-state index in [4.69, 9.17) is 5.84 Å². The molecule has 3 amide bonds. The molecule has 204 valence electrons. The third-order valence-corrected chi connectivity index (χ3v) is 7.03. The highest BCUT2D eigenvalue weighted by atomic mass is 16.2. The summed E-state index contributed by atoms with van der Waals surface area (Å²) < 4.78 is 0. The second-order valence-electron chi connectivity index (χ2n) is 9.96. The van der Waals surface area contributed by atoms with Crippen molar-refractivity contribution in [3.05, 3.63) is 103 Å². The first-order chi connectivity index (χ1) is 18.9. The lowest BCUT2D eigenvalue weighted by Crippen LogP contribution is -2.49. The zero-order valence-corrected chi connectivity index (χ0v) is 22.7. The van der Waals surface area contributed by atoms with Gasteiger partial charge in [0.1, 0.15) is 0 Å². The van der Waals surface area contributed by atoms with Crippen molar-refractivity contribution in [2.24, 2.45) is 5.84 Å². The number of para-hydroxylation sites is 1. The number of hydrogen-bond donors (Lipinski definition) is 2. The number of hydrogen-bond acceptors (Lipinski definition) is 5. The highest BCUT2D eigenvalue weighted by Crippen LogP contribution is 2.25. The zero-order valence-electron chi connectivity index (χ0n) is 22.7. The molecule has 1 aliphatic rings. The van der Waals surface area contributed by atoms with Crippen molar-refractivity contribution in [3.63, 3.8) is 0 Å². The van der Waals surface area contributed by atoms with E-state index in [1.54, 1.807) is 0 Å². The molecular formula is C31H38N6O2. The summed E-state index contributed by atoms with van der Waals surface area (Å²) in [6.07, 6.45) is 1.48. The van der Waals surface area contributed by atoms with Crippen LogP contribution in [0.15, 0.2) is 97.7 Å². The van der Waals surface area contributed by atoms with E-state index in [-0.39, 0.29) is 23.9 Å². The summed E-state index contributed by atoms with van der Waals surface area (Å²) in [5.41, 5.74) is 3.61. The second-order valence-corrected chi connectivity index (χ2v) is 9.96. The van der Waals surface area contributed by atoms with Gasteiger partial charge >= 0.3 is 6.03 Å². The van der Waals surface area contributed by atoms with Crippen LogP contribution in [-0.2, 0) is 4.79 Å². The predicted octanol–water partition coefficient (Wildman–Crippen LogP) is 4.89. The standard InChI is InChI=1S/C31H38N6O2/c1-4-36(31(39)37(32)24(2)3)28-17-15-27(16-18-28)35-21-19-34(20-22-35)23-29(25-11-7-5-8-12-25)30(38)33-26-13-9-6-10-14-26/h4-18,24,29H,1,19-23,32H2,2-3H3,(H,33,38). The molecule has 1 fully saturated rings. The number of piperazine rings is 1. The van der Waals surface area contributed by atoms with Crippen molar-refractivity contribution in [1.82, 2.24) is 9.91 Å². The SMILES string of the molecule is C=CN(C(=O)N(N)C(C)C)c1ccc(N2CCN(CC(C(=O)Nc3ccccc3)c3ccccc3)CC2)cc1. The molecule has 1 saturated heterocycles. The molecule has 1 heterocycles. The summed E-state index contributed by atoms with van der Waals surface area (Å²) in [4.78, 5) is 32.1.